The number of nitrogens with zero attached hydrogens (tertiary/aromatic N) is 1. The molecule has 2 aromatic rings. The largest absolute Gasteiger partial charge is 0.456 e. The average molecular weight is 325 g/mol. The van der Waals surface area contributed by atoms with Crippen LogP contribution >= 0.6 is 0 Å². The third kappa shape index (κ3) is 6.24. The molecule has 0 aliphatic rings. The number of benzene rings is 2. The minimum atomic E-state index is -0.551. The Kier molecular flexibility index (Phi) is 7.54. The molecule has 126 valence electrons. The van der Waals surface area contributed by atoms with Gasteiger partial charge < -0.3 is 9.94 Å². The zero-order chi connectivity index (χ0) is 17.0. The number of carbonyl (C=O) groups excluding carboxylic acids is 1. The van der Waals surface area contributed by atoms with E-state index in [1.807, 2.05) is 48.5 Å². The maximum atomic E-state index is 11.9. The summed E-state index contributed by atoms with van der Waals surface area (Å²) in [5.74, 6) is -0.551. The van der Waals surface area contributed by atoms with Crippen LogP contribution in [0.5, 0.6) is 0 Å². The van der Waals surface area contributed by atoms with Crippen LogP contribution < -0.4 is 0 Å². The summed E-state index contributed by atoms with van der Waals surface area (Å²) in [6, 6.07) is 19.7. The van der Waals surface area contributed by atoms with E-state index in [0.717, 1.165) is 31.2 Å². The first-order valence-electron chi connectivity index (χ1n) is 8.25. The highest BCUT2D eigenvalue weighted by atomic mass is 16.5. The van der Waals surface area contributed by atoms with E-state index in [1.165, 1.54) is 5.56 Å². The lowest BCUT2D eigenvalue weighted by atomic mass is 10.1. The van der Waals surface area contributed by atoms with Gasteiger partial charge in [0.25, 0.3) is 0 Å². The predicted octanol–water partition coefficient (Wildman–Crippen LogP) is 4.36. The molecule has 0 saturated carbocycles. The Bertz CT molecular complexity index is 638. The Morgan fingerprint density at radius 3 is 2.12 bits per heavy atom. The maximum absolute atomic E-state index is 11.9. The molecule has 4 heteroatoms. The molecule has 0 spiro atoms. The first kappa shape index (κ1) is 17.7. The second-order valence-electron chi connectivity index (χ2n) is 5.65. The molecule has 0 amide bonds. The highest BCUT2D eigenvalue weighted by Gasteiger charge is 2.13. The van der Waals surface area contributed by atoms with Crippen molar-refractivity contribution in [2.45, 2.75) is 38.7 Å². The minimum absolute atomic E-state index is 0.0886. The van der Waals surface area contributed by atoms with Gasteiger partial charge in [0.05, 0.1) is 0 Å². The predicted molar refractivity (Wildman–Crippen MR) is 94.1 cm³/mol. The van der Waals surface area contributed by atoms with Crippen molar-refractivity contribution in [2.75, 3.05) is 0 Å². The summed E-state index contributed by atoms with van der Waals surface area (Å²) >= 11 is 0. The van der Waals surface area contributed by atoms with Crippen LogP contribution in [0.15, 0.2) is 65.8 Å². The summed E-state index contributed by atoms with van der Waals surface area (Å²) < 4.78 is 5.18. The van der Waals surface area contributed by atoms with E-state index in [1.54, 1.807) is 0 Å². The Morgan fingerprint density at radius 1 is 0.875 bits per heavy atom. The molecule has 0 radical (unpaired) electrons. The molecular formula is C20H23NO3. The molecule has 0 saturated heterocycles. The monoisotopic (exact) mass is 325 g/mol. The van der Waals surface area contributed by atoms with Gasteiger partial charge >= 0.3 is 5.97 Å². The maximum Gasteiger partial charge on any atom is 0.356 e. The van der Waals surface area contributed by atoms with Crippen molar-refractivity contribution < 1.29 is 14.7 Å². The van der Waals surface area contributed by atoms with Crippen LogP contribution in [0.4, 0.5) is 0 Å². The molecule has 4 nitrogen and oxygen atoms in total. The summed E-state index contributed by atoms with van der Waals surface area (Å²) in [7, 11) is 0. The van der Waals surface area contributed by atoms with Gasteiger partial charge in [-0.2, -0.15) is 0 Å². The molecule has 0 fully saturated rings. The number of hydrogen-bond donors (Lipinski definition) is 1. The Morgan fingerprint density at radius 2 is 1.50 bits per heavy atom. The first-order valence-corrected chi connectivity index (χ1v) is 8.25. The Hall–Kier alpha value is -2.62. The molecule has 24 heavy (non-hydrogen) atoms. The Balaban J connectivity index is 1.65. The number of rotatable bonds is 9. The fraction of sp³-hybridized carbons (Fsp3) is 0.300. The highest BCUT2D eigenvalue weighted by Crippen LogP contribution is 2.09. The zero-order valence-electron chi connectivity index (χ0n) is 13.7. The van der Waals surface area contributed by atoms with Gasteiger partial charge in [0.1, 0.15) is 6.61 Å². The summed E-state index contributed by atoms with van der Waals surface area (Å²) in [4.78, 5) is 11.9. The number of esters is 1. The van der Waals surface area contributed by atoms with Crippen LogP contribution in [0.25, 0.3) is 0 Å². The van der Waals surface area contributed by atoms with E-state index in [9.17, 15) is 4.79 Å². The molecule has 0 aromatic heterocycles. The van der Waals surface area contributed by atoms with Crippen LogP contribution in [0.2, 0.25) is 0 Å². The van der Waals surface area contributed by atoms with E-state index in [2.05, 4.69) is 17.3 Å². The fourth-order valence-electron chi connectivity index (χ4n) is 2.44. The van der Waals surface area contributed by atoms with Crippen molar-refractivity contribution in [2.24, 2.45) is 5.16 Å². The van der Waals surface area contributed by atoms with Gasteiger partial charge in [0.2, 0.25) is 0 Å². The molecule has 0 aliphatic carbocycles. The topological polar surface area (TPSA) is 58.9 Å². The summed E-state index contributed by atoms with van der Waals surface area (Å²) in [6.07, 6.45) is 4.26. The number of aryl methyl sites for hydroxylation is 1. The standard InChI is InChI=1S/C20H23NO3/c22-20(24-16-18-13-7-2-8-14-18)19(21-23)15-9-3-6-12-17-10-4-1-5-11-17/h1-2,4-5,7-8,10-11,13-14,23H,3,6,9,12,15-16H2. The normalized spacial score (nSPS) is 11.2. The second-order valence-corrected chi connectivity index (χ2v) is 5.65. The van der Waals surface area contributed by atoms with Gasteiger partial charge in [-0.3, -0.25) is 0 Å². The SMILES string of the molecule is O=C(OCc1ccccc1)C(CCCCCc1ccccc1)=NO. The molecule has 2 aromatic carbocycles. The fourth-order valence-corrected chi connectivity index (χ4v) is 2.44. The lowest BCUT2D eigenvalue weighted by molar-refractivity contribution is -0.137. The number of carbonyl (C=O) groups is 1. The van der Waals surface area contributed by atoms with Crippen LogP contribution in [-0.4, -0.2) is 16.9 Å². The molecule has 0 unspecified atom stereocenters. The van der Waals surface area contributed by atoms with Crippen LogP contribution in [-0.2, 0) is 22.6 Å². The van der Waals surface area contributed by atoms with Gasteiger partial charge in [-0.25, -0.2) is 4.79 Å². The van der Waals surface area contributed by atoms with Crippen LogP contribution in [0.1, 0.15) is 36.8 Å². The Labute approximate surface area is 142 Å². The van der Waals surface area contributed by atoms with Crippen molar-refractivity contribution in [1.82, 2.24) is 0 Å². The van der Waals surface area contributed by atoms with Crippen molar-refractivity contribution in [3.8, 4) is 0 Å². The first-order chi connectivity index (χ1) is 11.8. The van der Waals surface area contributed by atoms with Gasteiger partial charge in [-0.05, 0) is 30.4 Å². The van der Waals surface area contributed by atoms with Crippen LogP contribution in [0, 0.1) is 0 Å². The van der Waals surface area contributed by atoms with E-state index >= 15 is 0 Å². The minimum Gasteiger partial charge on any atom is -0.456 e. The molecule has 2 rings (SSSR count). The molecule has 0 bridgehead atoms. The summed E-state index contributed by atoms with van der Waals surface area (Å²) in [5.41, 5.74) is 2.31. The quantitative estimate of drug-likeness (QED) is 0.245. The average Bonchev–Trinajstić information content (AvgIpc) is 2.64. The van der Waals surface area contributed by atoms with Gasteiger partial charge in [0.15, 0.2) is 5.71 Å². The third-order valence-corrected chi connectivity index (χ3v) is 3.79. The van der Waals surface area contributed by atoms with Crippen molar-refractivity contribution in [1.29, 1.82) is 0 Å². The molecule has 1 N–H and O–H groups in total. The lowest BCUT2D eigenvalue weighted by Gasteiger charge is -2.06. The van der Waals surface area contributed by atoms with E-state index < -0.39 is 5.97 Å². The summed E-state index contributed by atoms with van der Waals surface area (Å²) in [6.45, 7) is 0.187. The zero-order valence-corrected chi connectivity index (χ0v) is 13.7. The second kappa shape index (κ2) is 10.2. The van der Waals surface area contributed by atoms with Crippen LogP contribution in [0.3, 0.4) is 0 Å². The molecule has 0 heterocycles. The van der Waals surface area contributed by atoms with E-state index in [0.29, 0.717) is 6.42 Å². The number of ether oxygens (including phenoxy) is 1. The van der Waals surface area contributed by atoms with Gasteiger partial charge in [0, 0.05) is 6.42 Å². The molecule has 0 atom stereocenters. The smallest absolute Gasteiger partial charge is 0.356 e. The number of hydrogen-bond acceptors (Lipinski definition) is 4. The van der Waals surface area contributed by atoms with Gasteiger partial charge in [-0.1, -0.05) is 72.2 Å². The van der Waals surface area contributed by atoms with E-state index in [-0.39, 0.29) is 12.3 Å². The highest BCUT2D eigenvalue weighted by molar-refractivity contribution is 6.36. The number of oxime groups is 1. The lowest BCUT2D eigenvalue weighted by Crippen LogP contribution is -2.17. The van der Waals surface area contributed by atoms with Crippen molar-refractivity contribution >= 4 is 11.7 Å². The molecule has 0 aliphatic heterocycles. The van der Waals surface area contributed by atoms with Crippen molar-refractivity contribution in [3.63, 3.8) is 0 Å². The van der Waals surface area contributed by atoms with E-state index in [4.69, 9.17) is 9.94 Å². The summed E-state index contributed by atoms with van der Waals surface area (Å²) in [5, 5.41) is 12.1. The number of unbranched alkanes of at least 4 members (excludes halogenated alkanes) is 2. The third-order valence-electron chi connectivity index (χ3n) is 3.79. The van der Waals surface area contributed by atoms with Crippen molar-refractivity contribution in [3.05, 3.63) is 71.8 Å². The molecular weight excluding hydrogens is 302 g/mol. The van der Waals surface area contributed by atoms with Gasteiger partial charge in [-0.15, -0.1) is 0 Å².